The Labute approximate surface area is 144 Å². The SMILES string of the molecule is Cc1ccc(CN2CCC(N(C)c3ccnc(N(C)C)n3)C2)cc1. The van der Waals surface area contributed by atoms with E-state index in [4.69, 9.17) is 0 Å². The van der Waals surface area contributed by atoms with Crippen molar-refractivity contribution in [2.75, 3.05) is 44.0 Å². The zero-order valence-electron chi connectivity index (χ0n) is 15.1. The third kappa shape index (κ3) is 3.85. The lowest BCUT2D eigenvalue weighted by Crippen LogP contribution is -2.35. The van der Waals surface area contributed by atoms with Gasteiger partial charge in [0.05, 0.1) is 0 Å². The first-order valence-corrected chi connectivity index (χ1v) is 8.54. The van der Waals surface area contributed by atoms with Crippen molar-refractivity contribution >= 4 is 11.8 Å². The van der Waals surface area contributed by atoms with Gasteiger partial charge in [-0.25, -0.2) is 4.98 Å². The fourth-order valence-electron chi connectivity index (χ4n) is 3.16. The van der Waals surface area contributed by atoms with E-state index in [0.717, 1.165) is 31.4 Å². The second-order valence-electron chi connectivity index (χ2n) is 6.88. The molecule has 128 valence electrons. The summed E-state index contributed by atoms with van der Waals surface area (Å²) in [4.78, 5) is 15.7. The van der Waals surface area contributed by atoms with Crippen LogP contribution < -0.4 is 9.80 Å². The van der Waals surface area contributed by atoms with Crippen LogP contribution in [0.4, 0.5) is 11.8 Å². The minimum atomic E-state index is 0.500. The lowest BCUT2D eigenvalue weighted by atomic mass is 10.1. The summed E-state index contributed by atoms with van der Waals surface area (Å²) in [5.74, 6) is 1.75. The molecule has 1 atom stereocenters. The molecule has 0 radical (unpaired) electrons. The molecule has 0 saturated carbocycles. The van der Waals surface area contributed by atoms with E-state index in [9.17, 15) is 0 Å². The topological polar surface area (TPSA) is 35.5 Å². The molecule has 1 aromatic heterocycles. The number of nitrogens with zero attached hydrogens (tertiary/aromatic N) is 5. The first kappa shape index (κ1) is 16.7. The van der Waals surface area contributed by atoms with Crippen LogP contribution in [-0.2, 0) is 6.54 Å². The van der Waals surface area contributed by atoms with E-state index in [1.54, 1.807) is 0 Å². The minimum absolute atomic E-state index is 0.500. The Hall–Kier alpha value is -2.14. The summed E-state index contributed by atoms with van der Waals surface area (Å²) in [6, 6.07) is 11.4. The summed E-state index contributed by atoms with van der Waals surface area (Å²) in [6.45, 7) is 5.37. The quantitative estimate of drug-likeness (QED) is 0.844. The molecular weight excluding hydrogens is 298 g/mol. The van der Waals surface area contributed by atoms with Crippen LogP contribution in [0.5, 0.6) is 0 Å². The van der Waals surface area contributed by atoms with Crippen molar-refractivity contribution in [2.24, 2.45) is 0 Å². The third-order valence-corrected chi connectivity index (χ3v) is 4.71. The second-order valence-corrected chi connectivity index (χ2v) is 6.88. The largest absolute Gasteiger partial charge is 0.355 e. The van der Waals surface area contributed by atoms with Crippen LogP contribution in [0.2, 0.25) is 0 Å². The predicted molar refractivity (Wildman–Crippen MR) is 99.6 cm³/mol. The number of hydrogen-bond donors (Lipinski definition) is 0. The molecule has 1 aromatic carbocycles. The van der Waals surface area contributed by atoms with Gasteiger partial charge in [0.25, 0.3) is 0 Å². The molecule has 2 aromatic rings. The van der Waals surface area contributed by atoms with Crippen molar-refractivity contribution in [3.8, 4) is 0 Å². The molecule has 1 aliphatic heterocycles. The Kier molecular flexibility index (Phi) is 5.00. The van der Waals surface area contributed by atoms with Crippen molar-refractivity contribution < 1.29 is 0 Å². The van der Waals surface area contributed by atoms with Gasteiger partial charge < -0.3 is 9.80 Å². The molecule has 5 nitrogen and oxygen atoms in total. The highest BCUT2D eigenvalue weighted by atomic mass is 15.3. The molecule has 24 heavy (non-hydrogen) atoms. The Balaban J connectivity index is 1.62. The first-order valence-electron chi connectivity index (χ1n) is 8.54. The van der Waals surface area contributed by atoms with Gasteiger partial charge in [-0.2, -0.15) is 4.98 Å². The van der Waals surface area contributed by atoms with Crippen molar-refractivity contribution in [3.05, 3.63) is 47.7 Å². The normalized spacial score (nSPS) is 17.9. The molecule has 0 bridgehead atoms. The van der Waals surface area contributed by atoms with Crippen LogP contribution in [0, 0.1) is 6.92 Å². The highest BCUT2D eigenvalue weighted by Gasteiger charge is 2.26. The van der Waals surface area contributed by atoms with Crippen molar-refractivity contribution in [1.29, 1.82) is 0 Å². The molecule has 0 spiro atoms. The Morgan fingerprint density at radius 1 is 1.12 bits per heavy atom. The summed E-state index contributed by atoms with van der Waals surface area (Å²) in [7, 11) is 6.08. The highest BCUT2D eigenvalue weighted by Crippen LogP contribution is 2.22. The Morgan fingerprint density at radius 2 is 1.88 bits per heavy atom. The Morgan fingerprint density at radius 3 is 2.58 bits per heavy atom. The van der Waals surface area contributed by atoms with E-state index in [2.05, 4.69) is 58.0 Å². The third-order valence-electron chi connectivity index (χ3n) is 4.71. The van der Waals surface area contributed by atoms with Crippen molar-refractivity contribution in [3.63, 3.8) is 0 Å². The summed E-state index contributed by atoms with van der Waals surface area (Å²) in [5.41, 5.74) is 2.71. The van der Waals surface area contributed by atoms with E-state index >= 15 is 0 Å². The van der Waals surface area contributed by atoms with Gasteiger partial charge in [-0.15, -0.1) is 0 Å². The van der Waals surface area contributed by atoms with Crippen molar-refractivity contribution in [1.82, 2.24) is 14.9 Å². The van der Waals surface area contributed by atoms with Crippen LogP contribution in [0.1, 0.15) is 17.5 Å². The maximum Gasteiger partial charge on any atom is 0.226 e. The van der Waals surface area contributed by atoms with Gasteiger partial charge in [-0.3, -0.25) is 4.90 Å². The monoisotopic (exact) mass is 325 g/mol. The molecule has 0 amide bonds. The zero-order valence-corrected chi connectivity index (χ0v) is 15.1. The molecular formula is C19H27N5. The van der Waals surface area contributed by atoms with Gasteiger partial charge in [-0.1, -0.05) is 29.8 Å². The van der Waals surface area contributed by atoms with E-state index < -0.39 is 0 Å². The van der Waals surface area contributed by atoms with Gasteiger partial charge >= 0.3 is 0 Å². The van der Waals surface area contributed by atoms with Gasteiger partial charge in [-0.05, 0) is 25.0 Å². The standard InChI is InChI=1S/C19H27N5/c1-15-5-7-16(8-6-15)13-24-12-10-17(14-24)23(4)18-9-11-20-19(21-18)22(2)3/h5-9,11,17H,10,12-14H2,1-4H3. The average Bonchev–Trinajstić information content (AvgIpc) is 3.05. The number of rotatable bonds is 5. The fraction of sp³-hybridized carbons (Fsp3) is 0.474. The summed E-state index contributed by atoms with van der Waals surface area (Å²) < 4.78 is 0. The smallest absolute Gasteiger partial charge is 0.226 e. The minimum Gasteiger partial charge on any atom is -0.355 e. The molecule has 0 aliphatic carbocycles. The predicted octanol–water partition coefficient (Wildman–Crippen LogP) is 2.56. The summed E-state index contributed by atoms with van der Waals surface area (Å²) in [5, 5.41) is 0. The Bertz CT molecular complexity index is 668. The van der Waals surface area contributed by atoms with E-state index in [1.165, 1.54) is 17.5 Å². The highest BCUT2D eigenvalue weighted by molar-refractivity contribution is 5.43. The summed E-state index contributed by atoms with van der Waals surface area (Å²) >= 11 is 0. The maximum absolute atomic E-state index is 4.66. The van der Waals surface area contributed by atoms with Gasteiger partial charge in [0.15, 0.2) is 0 Å². The molecule has 1 aliphatic rings. The number of aromatic nitrogens is 2. The van der Waals surface area contributed by atoms with E-state index in [-0.39, 0.29) is 0 Å². The van der Waals surface area contributed by atoms with Crippen LogP contribution in [0.3, 0.4) is 0 Å². The molecule has 2 heterocycles. The van der Waals surface area contributed by atoms with Gasteiger partial charge in [0.2, 0.25) is 5.95 Å². The maximum atomic E-state index is 4.66. The number of anilines is 2. The molecule has 1 saturated heterocycles. The zero-order chi connectivity index (χ0) is 17.1. The number of benzene rings is 1. The molecule has 0 N–H and O–H groups in total. The van der Waals surface area contributed by atoms with Crippen LogP contribution in [-0.4, -0.2) is 55.1 Å². The van der Waals surface area contributed by atoms with Gasteiger partial charge in [0.1, 0.15) is 5.82 Å². The van der Waals surface area contributed by atoms with Crippen LogP contribution in [0.15, 0.2) is 36.5 Å². The molecule has 3 rings (SSSR count). The summed E-state index contributed by atoms with van der Waals surface area (Å²) in [6.07, 6.45) is 3.01. The lowest BCUT2D eigenvalue weighted by Gasteiger charge is -2.26. The molecule has 1 fully saturated rings. The van der Waals surface area contributed by atoms with Gasteiger partial charge in [0, 0.05) is 53.0 Å². The number of hydrogen-bond acceptors (Lipinski definition) is 5. The fourth-order valence-corrected chi connectivity index (χ4v) is 3.16. The average molecular weight is 325 g/mol. The lowest BCUT2D eigenvalue weighted by molar-refractivity contribution is 0.326. The van der Waals surface area contributed by atoms with E-state index in [1.807, 2.05) is 31.3 Å². The number of likely N-dealkylation sites (tertiary alicyclic amines) is 1. The molecule has 5 heteroatoms. The van der Waals surface area contributed by atoms with Crippen LogP contribution in [0.25, 0.3) is 0 Å². The molecule has 1 unspecified atom stereocenters. The second kappa shape index (κ2) is 7.18. The van der Waals surface area contributed by atoms with E-state index in [0.29, 0.717) is 6.04 Å². The first-order chi connectivity index (χ1) is 11.5. The number of likely N-dealkylation sites (N-methyl/N-ethyl adjacent to an activating group) is 1. The number of aryl methyl sites for hydroxylation is 1. The van der Waals surface area contributed by atoms with Crippen molar-refractivity contribution in [2.45, 2.75) is 25.9 Å². The van der Waals surface area contributed by atoms with Crippen LogP contribution >= 0.6 is 0 Å².